The SMILES string of the molecule is O=C(O)COc1ccc(C23CC(C(F)(F)[C@@](O)(Cn4cnnn4)c4ccc(F)cc4F)(C2)C3)cc1. The number of carbonyl (C=O) groups is 1. The van der Waals surface area contributed by atoms with Crippen LogP contribution in [0, 0.1) is 17.0 Å². The van der Waals surface area contributed by atoms with Gasteiger partial charge in [-0.05, 0) is 64.9 Å². The standard InChI is InChI=1S/C23H20F4N4O4/c24-15-3-6-17(18(25)7-15)22(34,12-31-13-28-29-30-31)23(26,27)21-9-20(10-21,11-21)14-1-4-16(5-2-14)35-8-19(32)33/h1-7,13,34H,8-12H2,(H,32,33)/t20?,21?,22-/m1/s1. The van der Waals surface area contributed by atoms with Crippen molar-refractivity contribution in [2.24, 2.45) is 5.41 Å². The van der Waals surface area contributed by atoms with Crippen LogP contribution in [0.15, 0.2) is 48.8 Å². The van der Waals surface area contributed by atoms with E-state index < -0.39 is 58.7 Å². The molecule has 3 aromatic rings. The van der Waals surface area contributed by atoms with Crippen molar-refractivity contribution < 1.29 is 37.3 Å². The highest BCUT2D eigenvalue weighted by Gasteiger charge is 2.82. The minimum Gasteiger partial charge on any atom is -0.482 e. The Hall–Kier alpha value is -3.54. The molecule has 2 aromatic carbocycles. The van der Waals surface area contributed by atoms with Crippen molar-refractivity contribution in [1.82, 2.24) is 20.2 Å². The fourth-order valence-electron chi connectivity index (χ4n) is 5.58. The van der Waals surface area contributed by atoms with Crippen molar-refractivity contribution in [2.45, 2.75) is 42.7 Å². The molecule has 1 heterocycles. The molecule has 2 bridgehead atoms. The lowest BCUT2D eigenvalue weighted by molar-refractivity contribution is -0.347. The minimum atomic E-state index is -3.81. The fraction of sp³-hybridized carbons (Fsp3) is 0.391. The molecule has 12 heteroatoms. The summed E-state index contributed by atoms with van der Waals surface area (Å²) in [6.07, 6.45) is 1.16. The van der Waals surface area contributed by atoms with E-state index in [2.05, 4.69) is 15.5 Å². The van der Waals surface area contributed by atoms with E-state index in [1.54, 1.807) is 24.3 Å². The molecule has 1 atom stereocenters. The van der Waals surface area contributed by atoms with Crippen LogP contribution in [0.3, 0.4) is 0 Å². The molecule has 184 valence electrons. The molecule has 0 radical (unpaired) electrons. The van der Waals surface area contributed by atoms with Crippen LogP contribution in [0.2, 0.25) is 0 Å². The first-order valence-corrected chi connectivity index (χ1v) is 10.7. The highest BCUT2D eigenvalue weighted by molar-refractivity contribution is 5.68. The van der Waals surface area contributed by atoms with Gasteiger partial charge in [0.25, 0.3) is 5.92 Å². The predicted octanol–water partition coefficient (Wildman–Crippen LogP) is 3.06. The van der Waals surface area contributed by atoms with Gasteiger partial charge in [0.05, 0.1) is 6.54 Å². The first kappa shape index (κ1) is 23.2. The molecular formula is C23H20F4N4O4. The van der Waals surface area contributed by atoms with Crippen molar-refractivity contribution >= 4 is 5.97 Å². The second-order valence-electron chi connectivity index (χ2n) is 9.36. The van der Waals surface area contributed by atoms with E-state index in [4.69, 9.17) is 9.84 Å². The Morgan fingerprint density at radius 2 is 1.80 bits per heavy atom. The van der Waals surface area contributed by atoms with Crippen molar-refractivity contribution in [3.05, 3.63) is 71.6 Å². The maximum atomic E-state index is 16.2. The van der Waals surface area contributed by atoms with Gasteiger partial charge in [0.2, 0.25) is 0 Å². The van der Waals surface area contributed by atoms with E-state index in [1.807, 2.05) is 0 Å². The lowest BCUT2D eigenvalue weighted by Crippen LogP contribution is -2.76. The Labute approximate surface area is 196 Å². The zero-order chi connectivity index (χ0) is 25.1. The quantitative estimate of drug-likeness (QED) is 0.442. The van der Waals surface area contributed by atoms with Crippen LogP contribution < -0.4 is 4.74 Å². The molecule has 0 unspecified atom stereocenters. The summed E-state index contributed by atoms with van der Waals surface area (Å²) >= 11 is 0. The number of ether oxygens (including phenoxy) is 1. The number of alkyl halides is 2. The molecular weight excluding hydrogens is 472 g/mol. The van der Waals surface area contributed by atoms with E-state index in [-0.39, 0.29) is 19.3 Å². The third kappa shape index (κ3) is 3.46. The number of aliphatic carboxylic acids is 1. The molecule has 2 N–H and O–H groups in total. The van der Waals surface area contributed by atoms with Crippen LogP contribution in [0.1, 0.15) is 30.4 Å². The zero-order valence-electron chi connectivity index (χ0n) is 18.2. The van der Waals surface area contributed by atoms with Gasteiger partial charge in [0.1, 0.15) is 23.7 Å². The first-order valence-electron chi connectivity index (χ1n) is 10.7. The highest BCUT2D eigenvalue weighted by atomic mass is 19.3. The number of halogens is 4. The molecule has 3 aliphatic rings. The molecule has 0 amide bonds. The second kappa shape index (κ2) is 7.74. The van der Waals surface area contributed by atoms with Gasteiger partial charge in [-0.2, -0.15) is 0 Å². The maximum absolute atomic E-state index is 16.2. The molecule has 0 saturated heterocycles. The highest BCUT2D eigenvalue weighted by Crippen LogP contribution is 2.80. The summed E-state index contributed by atoms with van der Waals surface area (Å²) in [5, 5.41) is 30.4. The van der Waals surface area contributed by atoms with Crippen LogP contribution in [0.5, 0.6) is 5.75 Å². The summed E-state index contributed by atoms with van der Waals surface area (Å²) in [4.78, 5) is 10.6. The Morgan fingerprint density at radius 1 is 1.11 bits per heavy atom. The van der Waals surface area contributed by atoms with E-state index in [0.29, 0.717) is 11.8 Å². The number of tetrazole rings is 1. The molecule has 8 nitrogen and oxygen atoms in total. The van der Waals surface area contributed by atoms with Gasteiger partial charge >= 0.3 is 5.97 Å². The van der Waals surface area contributed by atoms with E-state index in [0.717, 1.165) is 28.7 Å². The monoisotopic (exact) mass is 492 g/mol. The molecule has 3 saturated carbocycles. The summed E-state index contributed by atoms with van der Waals surface area (Å²) in [5.74, 6) is -6.84. The van der Waals surface area contributed by atoms with Gasteiger partial charge in [-0.3, -0.25) is 0 Å². The number of nitrogens with zero attached hydrogens (tertiary/aromatic N) is 4. The van der Waals surface area contributed by atoms with Crippen LogP contribution in [0.4, 0.5) is 17.6 Å². The normalized spacial score (nSPS) is 24.7. The van der Waals surface area contributed by atoms with Crippen molar-refractivity contribution in [2.75, 3.05) is 6.61 Å². The number of carboxylic acid groups (broad SMARTS) is 1. The molecule has 3 fully saturated rings. The number of hydrogen-bond acceptors (Lipinski definition) is 6. The summed E-state index contributed by atoms with van der Waals surface area (Å²) in [6.45, 7) is -1.33. The van der Waals surface area contributed by atoms with Gasteiger partial charge in [0, 0.05) is 17.0 Å². The topological polar surface area (TPSA) is 110 Å². The molecule has 3 aliphatic carbocycles. The second-order valence-corrected chi connectivity index (χ2v) is 9.36. The van der Waals surface area contributed by atoms with Crippen LogP contribution in [0.25, 0.3) is 0 Å². The molecule has 35 heavy (non-hydrogen) atoms. The maximum Gasteiger partial charge on any atom is 0.341 e. The lowest BCUT2D eigenvalue weighted by atomic mass is 9.30. The van der Waals surface area contributed by atoms with Gasteiger partial charge in [-0.1, -0.05) is 12.1 Å². The van der Waals surface area contributed by atoms with Crippen molar-refractivity contribution in [3.8, 4) is 5.75 Å². The van der Waals surface area contributed by atoms with E-state index >= 15 is 8.78 Å². The average Bonchev–Trinajstić information content (AvgIpc) is 3.23. The summed E-state index contributed by atoms with van der Waals surface area (Å²) in [5.41, 5.74) is -5.13. The van der Waals surface area contributed by atoms with Crippen LogP contribution in [-0.2, 0) is 22.4 Å². The van der Waals surface area contributed by atoms with Crippen molar-refractivity contribution in [1.29, 1.82) is 0 Å². The van der Waals surface area contributed by atoms with Gasteiger partial charge in [0.15, 0.2) is 12.2 Å². The largest absolute Gasteiger partial charge is 0.482 e. The van der Waals surface area contributed by atoms with E-state index in [1.165, 1.54) is 0 Å². The third-order valence-corrected chi connectivity index (χ3v) is 7.20. The Morgan fingerprint density at radius 3 is 2.37 bits per heavy atom. The summed E-state index contributed by atoms with van der Waals surface area (Å²) in [6, 6.07) is 8.64. The molecule has 0 spiro atoms. The number of rotatable bonds is 9. The lowest BCUT2D eigenvalue weighted by Gasteiger charge is -2.74. The predicted molar refractivity (Wildman–Crippen MR) is 111 cm³/mol. The smallest absolute Gasteiger partial charge is 0.341 e. The summed E-state index contributed by atoms with van der Waals surface area (Å²) in [7, 11) is 0. The molecule has 6 rings (SSSR count). The average molecular weight is 492 g/mol. The fourth-order valence-corrected chi connectivity index (χ4v) is 5.58. The van der Waals surface area contributed by atoms with Gasteiger partial charge in [-0.25, -0.2) is 27.0 Å². The Kier molecular flexibility index (Phi) is 5.13. The molecule has 1 aromatic heterocycles. The number of aliphatic hydroxyl groups is 1. The number of aromatic nitrogens is 4. The minimum absolute atomic E-state index is 0.0447. The van der Waals surface area contributed by atoms with Gasteiger partial charge < -0.3 is 14.9 Å². The first-order chi connectivity index (χ1) is 16.5. The van der Waals surface area contributed by atoms with Crippen molar-refractivity contribution in [3.63, 3.8) is 0 Å². The molecule has 0 aliphatic heterocycles. The number of benzene rings is 2. The zero-order valence-corrected chi connectivity index (χ0v) is 18.2. The van der Waals surface area contributed by atoms with Gasteiger partial charge in [-0.15, -0.1) is 5.10 Å². The van der Waals surface area contributed by atoms with E-state index in [9.17, 15) is 18.7 Å². The summed E-state index contributed by atoms with van der Waals surface area (Å²) < 4.78 is 66.5. The van der Waals surface area contributed by atoms with Crippen LogP contribution >= 0.6 is 0 Å². The number of carboxylic acids is 1. The third-order valence-electron chi connectivity index (χ3n) is 7.20. The Bertz CT molecular complexity index is 1250. The number of hydrogen-bond donors (Lipinski definition) is 2. The Balaban J connectivity index is 1.41. The van der Waals surface area contributed by atoms with Crippen LogP contribution in [-0.4, -0.2) is 48.9 Å².